The molecule has 0 bridgehead atoms. The zero-order valence-electron chi connectivity index (χ0n) is 12.9. The summed E-state index contributed by atoms with van der Waals surface area (Å²) in [6.45, 7) is 10.3. The van der Waals surface area contributed by atoms with Crippen LogP contribution in [0.5, 0.6) is 0 Å². The first-order chi connectivity index (χ1) is 9.43. The minimum absolute atomic E-state index is 0.455. The van der Waals surface area contributed by atoms with E-state index in [-0.39, 0.29) is 0 Å². The molecule has 8 heteroatoms. The van der Waals surface area contributed by atoms with E-state index in [0.717, 1.165) is 11.4 Å². The maximum absolute atomic E-state index is 12.3. The molecule has 4 atom stereocenters. The van der Waals surface area contributed by atoms with E-state index >= 15 is 0 Å². The lowest BCUT2D eigenvalue weighted by molar-refractivity contribution is -0.162. The number of esters is 1. The fraction of sp³-hybridized carbons (Fsp3) is 0.769. The van der Waals surface area contributed by atoms with Crippen LogP contribution in [-0.2, 0) is 14.1 Å². The van der Waals surface area contributed by atoms with E-state index in [1.165, 1.54) is 6.08 Å². The van der Waals surface area contributed by atoms with E-state index < -0.39 is 35.3 Å². The summed E-state index contributed by atoms with van der Waals surface area (Å²) >= 11 is 4.27. The fourth-order valence-corrected chi connectivity index (χ4v) is 8.11. The molecule has 124 valence electrons. The molecule has 0 rings (SSSR count). The Kier molecular flexibility index (Phi) is 8.81. The number of aliphatic hydroxyl groups is 1. The Bertz CT molecular complexity index is 413. The number of carbonyl (C=O) groups is 1. The Labute approximate surface area is 139 Å². The van der Waals surface area contributed by atoms with Gasteiger partial charge < -0.3 is 20.1 Å². The Hall–Kier alpha value is 0.190. The third kappa shape index (κ3) is 8.41. The van der Waals surface area contributed by atoms with E-state index in [0.29, 0.717) is 11.5 Å². The van der Waals surface area contributed by atoms with Gasteiger partial charge in [0.2, 0.25) is 0 Å². The van der Waals surface area contributed by atoms with Gasteiger partial charge in [0, 0.05) is 11.5 Å². The van der Waals surface area contributed by atoms with Crippen LogP contribution in [0.3, 0.4) is 0 Å². The summed E-state index contributed by atoms with van der Waals surface area (Å²) in [6.07, 6.45) is -2.01. The van der Waals surface area contributed by atoms with Crippen molar-refractivity contribution in [1.29, 1.82) is 0 Å². The largest absolute Gasteiger partial charge is 0.460 e. The number of carbonyl (C=O) groups excluding carboxylic acids is 1. The van der Waals surface area contributed by atoms with Gasteiger partial charge in [0.1, 0.15) is 17.9 Å². The fourth-order valence-electron chi connectivity index (χ4n) is 1.51. The first kappa shape index (κ1) is 21.2. The predicted octanol–water partition coefficient (Wildman–Crippen LogP) is 2.81. The lowest BCUT2D eigenvalue weighted by atomic mass is 10.0. The normalized spacial score (nSPS) is 19.2. The summed E-state index contributed by atoms with van der Waals surface area (Å²) < 4.78 is 17.6. The van der Waals surface area contributed by atoms with Crippen molar-refractivity contribution < 1.29 is 19.2 Å². The van der Waals surface area contributed by atoms with Gasteiger partial charge in [-0.25, -0.2) is 0 Å². The lowest BCUT2D eigenvalue weighted by Crippen LogP contribution is -2.43. The van der Waals surface area contributed by atoms with Crippen LogP contribution in [0.25, 0.3) is 0 Å². The Morgan fingerprint density at radius 2 is 2.10 bits per heavy atom. The van der Waals surface area contributed by atoms with E-state index in [4.69, 9.17) is 10.5 Å². The van der Waals surface area contributed by atoms with Crippen LogP contribution in [0, 0.1) is 5.92 Å². The van der Waals surface area contributed by atoms with Gasteiger partial charge in [0.05, 0.1) is 11.5 Å². The van der Waals surface area contributed by atoms with E-state index in [1.54, 1.807) is 27.4 Å². The Balaban J connectivity index is 5.11. The molecule has 0 aliphatic carbocycles. The van der Waals surface area contributed by atoms with Crippen LogP contribution in [0.2, 0.25) is 0 Å². The molecule has 0 spiro atoms. The number of ether oxygens (including phenoxy) is 1. The zero-order valence-corrected chi connectivity index (χ0v) is 16.2. The molecule has 0 amide bonds. The van der Waals surface area contributed by atoms with Gasteiger partial charge in [-0.15, -0.1) is 6.58 Å². The standard InChI is InChI=1S/C13H25BrNO4PS/c1-6-9(16)10(12(17)19-13(2,3)4)11(15)21-20(5,18)8-7-14/h6,9-11,16H,1,7-8,15H2,2-5H3/t9-,10-,11?,20?/m1/s1. The number of aliphatic hydroxyl groups excluding tert-OH is 1. The van der Waals surface area contributed by atoms with Crippen LogP contribution in [0.1, 0.15) is 20.8 Å². The third-order valence-corrected chi connectivity index (χ3v) is 8.12. The molecule has 0 aliphatic rings. The topological polar surface area (TPSA) is 89.6 Å². The van der Waals surface area contributed by atoms with E-state index in [1.807, 2.05) is 0 Å². The van der Waals surface area contributed by atoms with Crippen molar-refractivity contribution in [3.63, 3.8) is 0 Å². The van der Waals surface area contributed by atoms with E-state index in [9.17, 15) is 14.5 Å². The molecule has 0 heterocycles. The van der Waals surface area contributed by atoms with Crippen molar-refractivity contribution in [3.8, 4) is 0 Å². The lowest BCUT2D eigenvalue weighted by Gasteiger charge is -2.29. The second-order valence-electron chi connectivity index (χ2n) is 5.78. The number of alkyl halides is 1. The molecule has 3 N–H and O–H groups in total. The van der Waals surface area contributed by atoms with Crippen LogP contribution in [-0.4, -0.2) is 46.3 Å². The molecule has 5 nitrogen and oxygen atoms in total. The zero-order chi connectivity index (χ0) is 16.8. The van der Waals surface area contributed by atoms with Crippen LogP contribution in [0.4, 0.5) is 0 Å². The quantitative estimate of drug-likeness (QED) is 0.213. The van der Waals surface area contributed by atoms with Crippen molar-refractivity contribution >= 4 is 39.6 Å². The molecule has 0 radical (unpaired) electrons. The molecule has 2 unspecified atom stereocenters. The van der Waals surface area contributed by atoms with Gasteiger partial charge in [-0.05, 0) is 27.4 Å². The number of rotatable bonds is 8. The maximum atomic E-state index is 12.3. The molecule has 0 aliphatic heterocycles. The number of nitrogens with two attached hydrogens (primary N) is 1. The maximum Gasteiger partial charge on any atom is 0.314 e. The highest BCUT2D eigenvalue weighted by atomic mass is 79.9. The average molecular weight is 402 g/mol. The van der Waals surface area contributed by atoms with E-state index in [2.05, 4.69) is 22.5 Å². The predicted molar refractivity (Wildman–Crippen MR) is 93.3 cm³/mol. The first-order valence-electron chi connectivity index (χ1n) is 6.53. The summed E-state index contributed by atoms with van der Waals surface area (Å²) in [7, 11) is 0. The highest BCUT2D eigenvalue weighted by molar-refractivity contribution is 9.09. The first-order valence-corrected chi connectivity index (χ1v) is 11.5. The van der Waals surface area contributed by atoms with Crippen LogP contribution < -0.4 is 5.73 Å². The average Bonchev–Trinajstić information content (AvgIpc) is 2.25. The molecule has 0 aromatic rings. The SMILES string of the molecule is C=C[C@@H](O)[C@@H](C(=O)OC(C)(C)C)C(N)SP(C)(=O)CCBr. The van der Waals surface area contributed by atoms with Gasteiger partial charge in [-0.2, -0.15) is 0 Å². The molecule has 0 fully saturated rings. The molecular formula is C13H25BrNO4PS. The highest BCUT2D eigenvalue weighted by Gasteiger charge is 2.37. The van der Waals surface area contributed by atoms with Crippen LogP contribution >= 0.6 is 33.7 Å². The monoisotopic (exact) mass is 401 g/mol. The van der Waals surface area contributed by atoms with Crippen molar-refractivity contribution in [2.45, 2.75) is 37.9 Å². The van der Waals surface area contributed by atoms with Gasteiger partial charge >= 0.3 is 5.97 Å². The van der Waals surface area contributed by atoms with Crippen molar-refractivity contribution in [2.24, 2.45) is 11.7 Å². The van der Waals surface area contributed by atoms with Crippen molar-refractivity contribution in [1.82, 2.24) is 0 Å². The second-order valence-corrected chi connectivity index (χ2v) is 12.8. The molecule has 0 aromatic heterocycles. The summed E-state index contributed by atoms with van der Waals surface area (Å²) in [6, 6.07) is 0. The molecule has 21 heavy (non-hydrogen) atoms. The summed E-state index contributed by atoms with van der Waals surface area (Å²) in [5, 5.41) is 9.73. The minimum atomic E-state index is -2.55. The summed E-state index contributed by atoms with van der Waals surface area (Å²) in [5.41, 5.74) is 5.31. The van der Waals surface area contributed by atoms with Gasteiger partial charge in [0.25, 0.3) is 0 Å². The molecule has 0 saturated carbocycles. The third-order valence-electron chi connectivity index (χ3n) is 2.48. The van der Waals surface area contributed by atoms with Crippen molar-refractivity contribution in [3.05, 3.63) is 12.7 Å². The van der Waals surface area contributed by atoms with Gasteiger partial charge in [-0.3, -0.25) is 4.79 Å². The Morgan fingerprint density at radius 1 is 1.57 bits per heavy atom. The Morgan fingerprint density at radius 3 is 2.48 bits per heavy atom. The number of halogens is 1. The molecule has 0 aromatic carbocycles. The van der Waals surface area contributed by atoms with Crippen LogP contribution in [0.15, 0.2) is 12.7 Å². The number of hydrogen-bond acceptors (Lipinski definition) is 6. The summed E-state index contributed by atoms with van der Waals surface area (Å²) in [4.78, 5) is 12.2. The van der Waals surface area contributed by atoms with Gasteiger partial charge in [-0.1, -0.05) is 33.4 Å². The minimum Gasteiger partial charge on any atom is -0.460 e. The highest BCUT2D eigenvalue weighted by Crippen LogP contribution is 2.57. The van der Waals surface area contributed by atoms with Crippen molar-refractivity contribution in [2.75, 3.05) is 18.2 Å². The second kappa shape index (κ2) is 8.73. The molecule has 0 saturated heterocycles. The van der Waals surface area contributed by atoms with Gasteiger partial charge in [0.15, 0.2) is 0 Å². The molecular weight excluding hydrogens is 377 g/mol. The smallest absolute Gasteiger partial charge is 0.314 e. The number of hydrogen-bond donors (Lipinski definition) is 2. The summed E-state index contributed by atoms with van der Waals surface area (Å²) in [5.74, 6) is -1.62.